The summed E-state index contributed by atoms with van der Waals surface area (Å²) in [6.07, 6.45) is 2.28. The molecule has 1 aromatic carbocycles. The number of nitrogens with two attached hydrogens (primary N) is 1. The van der Waals surface area contributed by atoms with E-state index in [4.69, 9.17) is 15.2 Å². The molecule has 2 bridgehead atoms. The standard InChI is InChI=1S/C25H34N2O5/c1-15(26)21(28)25-11-10-17(13-25)18-12-19(22(29)32-24(2,3)4)27(20(18)25)23(30)31-14-16-8-6-5-7-9-16/h5-9,15,17-20H,10-14,26H2,1-4H3/t15?,17-,18-,19-,20+,25+/m0/s1. The van der Waals surface area contributed by atoms with E-state index in [1.54, 1.807) is 6.92 Å². The van der Waals surface area contributed by atoms with Crippen molar-refractivity contribution >= 4 is 17.8 Å². The lowest BCUT2D eigenvalue weighted by Gasteiger charge is -2.41. The number of nitrogens with zero attached hydrogens (tertiary/aromatic N) is 1. The monoisotopic (exact) mass is 442 g/mol. The Morgan fingerprint density at radius 1 is 1.22 bits per heavy atom. The molecule has 1 heterocycles. The Hall–Kier alpha value is -2.41. The van der Waals surface area contributed by atoms with E-state index in [1.807, 2.05) is 51.1 Å². The van der Waals surface area contributed by atoms with E-state index in [9.17, 15) is 14.4 Å². The number of benzene rings is 1. The third-order valence-corrected chi connectivity index (χ3v) is 7.29. The van der Waals surface area contributed by atoms with E-state index >= 15 is 0 Å². The highest BCUT2D eigenvalue weighted by Crippen LogP contribution is 2.63. The van der Waals surface area contributed by atoms with Crippen molar-refractivity contribution < 1.29 is 23.9 Å². The number of hydrogen-bond acceptors (Lipinski definition) is 6. The van der Waals surface area contributed by atoms with Crippen molar-refractivity contribution in [2.75, 3.05) is 0 Å². The fraction of sp³-hybridized carbons (Fsp3) is 0.640. The summed E-state index contributed by atoms with van der Waals surface area (Å²) in [5.41, 5.74) is 5.52. The van der Waals surface area contributed by atoms with Crippen LogP contribution >= 0.6 is 0 Å². The van der Waals surface area contributed by atoms with Gasteiger partial charge in [-0.2, -0.15) is 0 Å². The Kier molecular flexibility index (Phi) is 5.82. The SMILES string of the molecule is CC(N)C(=O)[C@]12CC[C@@H](C1)[C@@H]1C[C@@H](C(=O)OC(C)(C)C)N(C(=O)OCc3ccccc3)[C@H]12. The molecule has 4 rings (SSSR count). The molecule has 2 aliphatic carbocycles. The van der Waals surface area contributed by atoms with Gasteiger partial charge in [0.25, 0.3) is 0 Å². The summed E-state index contributed by atoms with van der Waals surface area (Å²) in [5, 5.41) is 0. The second kappa shape index (κ2) is 8.18. The van der Waals surface area contributed by atoms with Crippen molar-refractivity contribution in [2.24, 2.45) is 23.0 Å². The molecule has 1 amide bonds. The van der Waals surface area contributed by atoms with Crippen LogP contribution in [0.4, 0.5) is 4.79 Å². The van der Waals surface area contributed by atoms with E-state index in [0.29, 0.717) is 18.8 Å². The molecule has 2 N–H and O–H groups in total. The average molecular weight is 443 g/mol. The molecule has 0 spiro atoms. The van der Waals surface area contributed by atoms with Crippen LogP contribution in [0.1, 0.15) is 58.9 Å². The molecule has 0 aromatic heterocycles. The number of amides is 1. The van der Waals surface area contributed by atoms with E-state index in [2.05, 4.69) is 0 Å². The van der Waals surface area contributed by atoms with Crippen molar-refractivity contribution in [3.8, 4) is 0 Å². The lowest BCUT2D eigenvalue weighted by molar-refractivity contribution is -0.161. The van der Waals surface area contributed by atoms with Crippen LogP contribution in [-0.2, 0) is 25.7 Å². The minimum atomic E-state index is -0.756. The second-order valence-corrected chi connectivity index (χ2v) is 10.7. The molecule has 6 atom stereocenters. The van der Waals surface area contributed by atoms with Gasteiger partial charge in [-0.1, -0.05) is 30.3 Å². The number of Topliss-reactive ketones (excluding diaryl/α,β-unsaturated/α-hetero) is 1. The quantitative estimate of drug-likeness (QED) is 0.702. The highest BCUT2D eigenvalue weighted by molar-refractivity contribution is 5.92. The predicted octanol–water partition coefficient (Wildman–Crippen LogP) is 3.44. The zero-order valence-corrected chi connectivity index (χ0v) is 19.4. The molecule has 3 fully saturated rings. The maximum absolute atomic E-state index is 13.4. The van der Waals surface area contributed by atoms with Crippen LogP contribution in [0.3, 0.4) is 0 Å². The molecule has 1 unspecified atom stereocenters. The maximum Gasteiger partial charge on any atom is 0.411 e. The van der Waals surface area contributed by atoms with Crippen molar-refractivity contribution in [3.05, 3.63) is 35.9 Å². The first-order valence-corrected chi connectivity index (χ1v) is 11.6. The summed E-state index contributed by atoms with van der Waals surface area (Å²) in [7, 11) is 0. The molecule has 1 aromatic rings. The molecule has 1 saturated heterocycles. The number of hydrogen-bond donors (Lipinski definition) is 1. The third-order valence-electron chi connectivity index (χ3n) is 7.29. The number of carbonyl (C=O) groups is 3. The van der Waals surface area contributed by atoms with Crippen LogP contribution in [0.15, 0.2) is 30.3 Å². The van der Waals surface area contributed by atoms with Gasteiger partial charge in [-0.15, -0.1) is 0 Å². The molecule has 174 valence electrons. The smallest absolute Gasteiger partial charge is 0.411 e. The summed E-state index contributed by atoms with van der Waals surface area (Å²) < 4.78 is 11.3. The highest BCUT2D eigenvalue weighted by Gasteiger charge is 2.69. The van der Waals surface area contributed by atoms with Crippen LogP contribution in [0.25, 0.3) is 0 Å². The van der Waals surface area contributed by atoms with Crippen molar-refractivity contribution in [1.29, 1.82) is 0 Å². The van der Waals surface area contributed by atoms with E-state index in [-0.39, 0.29) is 24.3 Å². The van der Waals surface area contributed by atoms with Gasteiger partial charge in [-0.25, -0.2) is 9.59 Å². The molecule has 0 radical (unpaired) electrons. The van der Waals surface area contributed by atoms with Gasteiger partial charge < -0.3 is 15.2 Å². The summed E-state index contributed by atoms with van der Waals surface area (Å²) in [5.74, 6) is -0.0719. The van der Waals surface area contributed by atoms with Gasteiger partial charge in [-0.3, -0.25) is 9.69 Å². The molecule has 32 heavy (non-hydrogen) atoms. The molecular weight excluding hydrogens is 408 g/mol. The Labute approximate surface area is 189 Å². The zero-order valence-electron chi connectivity index (χ0n) is 19.4. The largest absolute Gasteiger partial charge is 0.458 e. The van der Waals surface area contributed by atoms with Crippen LogP contribution < -0.4 is 5.73 Å². The Morgan fingerprint density at radius 3 is 2.53 bits per heavy atom. The van der Waals surface area contributed by atoms with Gasteiger partial charge in [0, 0.05) is 0 Å². The maximum atomic E-state index is 13.4. The first-order chi connectivity index (χ1) is 15.0. The Bertz CT molecular complexity index is 893. The first kappa shape index (κ1) is 22.8. The molecule has 7 nitrogen and oxygen atoms in total. The topological polar surface area (TPSA) is 98.9 Å². The van der Waals surface area contributed by atoms with E-state index < -0.39 is 35.2 Å². The van der Waals surface area contributed by atoms with Crippen molar-refractivity contribution in [1.82, 2.24) is 4.90 Å². The Morgan fingerprint density at radius 2 is 1.91 bits per heavy atom. The van der Waals surface area contributed by atoms with Crippen LogP contribution in [0, 0.1) is 17.3 Å². The van der Waals surface area contributed by atoms with Gasteiger partial charge in [0.1, 0.15) is 18.2 Å². The highest BCUT2D eigenvalue weighted by atomic mass is 16.6. The number of likely N-dealkylation sites (tertiary alicyclic amines) is 1. The number of ether oxygens (including phenoxy) is 2. The van der Waals surface area contributed by atoms with E-state index in [1.165, 1.54) is 4.90 Å². The van der Waals surface area contributed by atoms with Crippen molar-refractivity contribution in [3.63, 3.8) is 0 Å². The number of fused-ring (bicyclic) bond motifs is 5. The van der Waals surface area contributed by atoms with Gasteiger partial charge in [-0.05, 0) is 70.8 Å². The van der Waals surface area contributed by atoms with Gasteiger partial charge in [0.05, 0.1) is 17.5 Å². The normalized spacial score (nSPS) is 31.8. The minimum absolute atomic E-state index is 0.0156. The second-order valence-electron chi connectivity index (χ2n) is 10.7. The lowest BCUT2D eigenvalue weighted by Crippen LogP contribution is -2.57. The fourth-order valence-corrected chi connectivity index (χ4v) is 6.21. The first-order valence-electron chi connectivity index (χ1n) is 11.6. The van der Waals surface area contributed by atoms with E-state index in [0.717, 1.165) is 18.4 Å². The Balaban J connectivity index is 1.64. The van der Waals surface area contributed by atoms with Gasteiger partial charge in [0.2, 0.25) is 0 Å². The summed E-state index contributed by atoms with van der Waals surface area (Å²) in [6, 6.07) is 7.67. The molecule has 7 heteroatoms. The minimum Gasteiger partial charge on any atom is -0.458 e. The van der Waals surface area contributed by atoms with Crippen LogP contribution in [-0.4, -0.2) is 46.5 Å². The summed E-state index contributed by atoms with van der Waals surface area (Å²) in [4.78, 5) is 41.4. The molecule has 1 aliphatic heterocycles. The molecule has 3 aliphatic rings. The van der Waals surface area contributed by atoms with Crippen LogP contribution in [0.2, 0.25) is 0 Å². The summed E-state index contributed by atoms with van der Waals surface area (Å²) >= 11 is 0. The molecule has 2 saturated carbocycles. The summed E-state index contributed by atoms with van der Waals surface area (Å²) in [6.45, 7) is 7.24. The lowest BCUT2D eigenvalue weighted by atomic mass is 9.71. The fourth-order valence-electron chi connectivity index (χ4n) is 6.21. The number of ketones is 1. The van der Waals surface area contributed by atoms with Gasteiger partial charge in [0.15, 0.2) is 5.78 Å². The third kappa shape index (κ3) is 3.91. The van der Waals surface area contributed by atoms with Crippen LogP contribution in [0.5, 0.6) is 0 Å². The predicted molar refractivity (Wildman–Crippen MR) is 118 cm³/mol. The number of esters is 1. The zero-order chi connectivity index (χ0) is 23.3. The van der Waals surface area contributed by atoms with Crippen molar-refractivity contribution in [2.45, 2.75) is 83.7 Å². The molecular formula is C25H34N2O5. The average Bonchev–Trinajstić information content (AvgIpc) is 3.41. The number of carbonyl (C=O) groups excluding carboxylic acids is 3. The van der Waals surface area contributed by atoms with Gasteiger partial charge >= 0.3 is 12.1 Å². The number of rotatable bonds is 5.